The summed E-state index contributed by atoms with van der Waals surface area (Å²) in [6.07, 6.45) is 1.02. The molecule has 1 saturated heterocycles. The highest BCUT2D eigenvalue weighted by Crippen LogP contribution is 2.38. The third kappa shape index (κ3) is 3.64. The molecule has 17 heavy (non-hydrogen) atoms. The molecule has 1 unspecified atom stereocenters. The Balaban J connectivity index is 2.70. The molecular formula is C11H22O5S. The summed E-state index contributed by atoms with van der Waals surface area (Å²) in [5.74, 6) is 0.0665. The van der Waals surface area contributed by atoms with Gasteiger partial charge in [0, 0.05) is 18.6 Å². The first-order valence-electron chi connectivity index (χ1n) is 5.99. The first-order valence-corrected chi connectivity index (χ1v) is 7.81. The van der Waals surface area contributed by atoms with Gasteiger partial charge in [0.1, 0.15) is 0 Å². The molecule has 0 saturated carbocycles. The molecule has 0 aromatic rings. The zero-order chi connectivity index (χ0) is 12.9. The van der Waals surface area contributed by atoms with Crippen molar-refractivity contribution in [3.05, 3.63) is 0 Å². The van der Waals surface area contributed by atoms with Gasteiger partial charge in [0.2, 0.25) is 0 Å². The second-order valence-electron chi connectivity index (χ2n) is 4.73. The first-order chi connectivity index (χ1) is 7.99. The Bertz CT molecular complexity index is 321. The lowest BCUT2D eigenvalue weighted by Gasteiger charge is -2.35. The standard InChI is InChI=1S/C11H22O5S/c1-2-16-5-4-11(8-12,9-13)10-3-6-17(14,15)7-10/h10,12-13H,2-9H2,1H3. The summed E-state index contributed by atoms with van der Waals surface area (Å²) in [6.45, 7) is 2.50. The highest BCUT2D eigenvalue weighted by atomic mass is 32.2. The average molecular weight is 266 g/mol. The third-order valence-electron chi connectivity index (χ3n) is 3.68. The van der Waals surface area contributed by atoms with E-state index in [1.54, 1.807) is 0 Å². The zero-order valence-electron chi connectivity index (χ0n) is 10.3. The van der Waals surface area contributed by atoms with Crippen LogP contribution >= 0.6 is 0 Å². The lowest BCUT2D eigenvalue weighted by atomic mass is 9.74. The van der Waals surface area contributed by atoms with E-state index in [-0.39, 0.29) is 30.6 Å². The molecule has 1 heterocycles. The maximum Gasteiger partial charge on any atom is 0.150 e. The van der Waals surface area contributed by atoms with Crippen molar-refractivity contribution in [3.63, 3.8) is 0 Å². The van der Waals surface area contributed by atoms with Crippen molar-refractivity contribution < 1.29 is 23.4 Å². The van der Waals surface area contributed by atoms with Crippen LogP contribution in [-0.2, 0) is 14.6 Å². The Morgan fingerprint density at radius 1 is 1.35 bits per heavy atom. The number of sulfone groups is 1. The molecule has 0 aromatic heterocycles. The van der Waals surface area contributed by atoms with Crippen molar-refractivity contribution >= 4 is 9.84 Å². The molecule has 1 rings (SSSR count). The van der Waals surface area contributed by atoms with Crippen LogP contribution in [-0.4, -0.2) is 56.6 Å². The van der Waals surface area contributed by atoms with E-state index < -0.39 is 15.3 Å². The normalized spacial score (nSPS) is 24.1. The van der Waals surface area contributed by atoms with Crippen LogP contribution in [0.5, 0.6) is 0 Å². The van der Waals surface area contributed by atoms with Crippen LogP contribution in [0.25, 0.3) is 0 Å². The van der Waals surface area contributed by atoms with Gasteiger partial charge in [-0.1, -0.05) is 0 Å². The van der Waals surface area contributed by atoms with Crippen molar-refractivity contribution in [2.75, 3.05) is 37.9 Å². The number of aliphatic hydroxyl groups is 2. The van der Waals surface area contributed by atoms with E-state index in [9.17, 15) is 18.6 Å². The van der Waals surface area contributed by atoms with Gasteiger partial charge in [0.15, 0.2) is 9.84 Å². The topological polar surface area (TPSA) is 83.8 Å². The van der Waals surface area contributed by atoms with Gasteiger partial charge in [0.25, 0.3) is 0 Å². The van der Waals surface area contributed by atoms with Crippen molar-refractivity contribution in [3.8, 4) is 0 Å². The third-order valence-corrected chi connectivity index (χ3v) is 5.44. The average Bonchev–Trinajstić information content (AvgIpc) is 2.66. The fourth-order valence-electron chi connectivity index (χ4n) is 2.37. The van der Waals surface area contributed by atoms with E-state index in [2.05, 4.69) is 0 Å². The van der Waals surface area contributed by atoms with Gasteiger partial charge < -0.3 is 14.9 Å². The maximum atomic E-state index is 11.5. The minimum atomic E-state index is -2.99. The predicted octanol–water partition coefficient (Wildman–Crippen LogP) is -0.181. The summed E-state index contributed by atoms with van der Waals surface area (Å²) in [7, 11) is -2.99. The molecule has 0 amide bonds. The fraction of sp³-hybridized carbons (Fsp3) is 1.00. The Labute approximate surface area is 103 Å². The smallest absolute Gasteiger partial charge is 0.150 e. The molecule has 1 aliphatic heterocycles. The van der Waals surface area contributed by atoms with Crippen LogP contribution < -0.4 is 0 Å². The number of hydrogen-bond donors (Lipinski definition) is 2. The summed E-state index contributed by atoms with van der Waals surface area (Å²) in [4.78, 5) is 0. The lowest BCUT2D eigenvalue weighted by Crippen LogP contribution is -2.40. The number of rotatable bonds is 7. The molecule has 0 aromatic carbocycles. The van der Waals surface area contributed by atoms with E-state index in [0.717, 1.165) is 0 Å². The van der Waals surface area contributed by atoms with E-state index in [1.165, 1.54) is 0 Å². The number of aliphatic hydroxyl groups excluding tert-OH is 2. The molecule has 0 aliphatic carbocycles. The van der Waals surface area contributed by atoms with Crippen LogP contribution in [0.15, 0.2) is 0 Å². The Morgan fingerprint density at radius 2 is 2.00 bits per heavy atom. The molecule has 0 bridgehead atoms. The van der Waals surface area contributed by atoms with Crippen LogP contribution in [0, 0.1) is 11.3 Å². The molecular weight excluding hydrogens is 244 g/mol. The Hall–Kier alpha value is -0.170. The molecule has 1 atom stereocenters. The molecule has 5 nitrogen and oxygen atoms in total. The second-order valence-corrected chi connectivity index (χ2v) is 6.95. The molecule has 6 heteroatoms. The molecule has 0 radical (unpaired) electrons. The minimum Gasteiger partial charge on any atom is -0.396 e. The van der Waals surface area contributed by atoms with Crippen molar-refractivity contribution in [1.29, 1.82) is 0 Å². The summed E-state index contributed by atoms with van der Waals surface area (Å²) in [5, 5.41) is 19.0. The Morgan fingerprint density at radius 3 is 2.41 bits per heavy atom. The van der Waals surface area contributed by atoms with Crippen LogP contribution in [0.4, 0.5) is 0 Å². The van der Waals surface area contributed by atoms with Gasteiger partial charge >= 0.3 is 0 Å². The largest absolute Gasteiger partial charge is 0.396 e. The lowest BCUT2D eigenvalue weighted by molar-refractivity contribution is -0.0169. The van der Waals surface area contributed by atoms with Gasteiger partial charge in [-0.2, -0.15) is 0 Å². The summed E-state index contributed by atoms with van der Waals surface area (Å²) in [5.41, 5.74) is -0.723. The predicted molar refractivity (Wildman–Crippen MR) is 64.5 cm³/mol. The van der Waals surface area contributed by atoms with Crippen LogP contribution in [0.3, 0.4) is 0 Å². The van der Waals surface area contributed by atoms with Gasteiger partial charge in [-0.3, -0.25) is 0 Å². The highest BCUT2D eigenvalue weighted by Gasteiger charge is 2.43. The number of ether oxygens (including phenoxy) is 1. The minimum absolute atomic E-state index is 0.0697. The van der Waals surface area contributed by atoms with E-state index >= 15 is 0 Å². The molecule has 2 N–H and O–H groups in total. The van der Waals surface area contributed by atoms with Gasteiger partial charge in [-0.05, 0) is 25.7 Å². The quantitative estimate of drug-likeness (QED) is 0.624. The van der Waals surface area contributed by atoms with Crippen LogP contribution in [0.1, 0.15) is 19.8 Å². The van der Waals surface area contributed by atoms with Crippen molar-refractivity contribution in [1.82, 2.24) is 0 Å². The first kappa shape index (κ1) is 14.9. The van der Waals surface area contributed by atoms with Crippen molar-refractivity contribution in [2.24, 2.45) is 11.3 Å². The SMILES string of the molecule is CCOCCC(CO)(CO)C1CCS(=O)(=O)C1. The highest BCUT2D eigenvalue weighted by molar-refractivity contribution is 7.91. The summed E-state index contributed by atoms with van der Waals surface area (Å²) >= 11 is 0. The second kappa shape index (κ2) is 6.13. The Kier molecular flexibility index (Phi) is 5.37. The van der Waals surface area contributed by atoms with Gasteiger partial charge in [0.05, 0.1) is 24.7 Å². The van der Waals surface area contributed by atoms with E-state index in [1.807, 2.05) is 6.92 Å². The van der Waals surface area contributed by atoms with E-state index in [0.29, 0.717) is 26.1 Å². The zero-order valence-corrected chi connectivity index (χ0v) is 11.1. The van der Waals surface area contributed by atoms with Gasteiger partial charge in [-0.15, -0.1) is 0 Å². The summed E-state index contributed by atoms with van der Waals surface area (Å²) < 4.78 is 28.1. The van der Waals surface area contributed by atoms with Crippen LogP contribution in [0.2, 0.25) is 0 Å². The van der Waals surface area contributed by atoms with Gasteiger partial charge in [-0.25, -0.2) is 8.42 Å². The maximum absolute atomic E-state index is 11.5. The molecule has 0 spiro atoms. The molecule has 102 valence electrons. The van der Waals surface area contributed by atoms with Crippen molar-refractivity contribution in [2.45, 2.75) is 19.8 Å². The summed E-state index contributed by atoms with van der Waals surface area (Å²) in [6, 6.07) is 0. The monoisotopic (exact) mass is 266 g/mol. The molecule has 1 aliphatic rings. The molecule has 1 fully saturated rings. The number of hydrogen-bond acceptors (Lipinski definition) is 5. The fourth-order valence-corrected chi connectivity index (χ4v) is 4.31. The van der Waals surface area contributed by atoms with E-state index in [4.69, 9.17) is 4.74 Å².